The lowest BCUT2D eigenvalue weighted by Gasteiger charge is -2.31. The predicted molar refractivity (Wildman–Crippen MR) is 143 cm³/mol. The Labute approximate surface area is 205 Å². The molecule has 0 aromatic heterocycles. The van der Waals surface area contributed by atoms with Crippen molar-refractivity contribution in [2.75, 3.05) is 0 Å². The fourth-order valence-corrected chi connectivity index (χ4v) is 3.83. The maximum absolute atomic E-state index is 6.71. The van der Waals surface area contributed by atoms with Crippen LogP contribution in [-0.4, -0.2) is 22.4 Å². The molecule has 0 aliphatic rings. The van der Waals surface area contributed by atoms with Gasteiger partial charge in [-0.3, -0.25) is 0 Å². The molecule has 0 radical (unpaired) electrons. The second-order valence-corrected chi connectivity index (χ2v) is 12.9. The summed E-state index contributed by atoms with van der Waals surface area (Å²) in [5.41, 5.74) is -1.59. The molecule has 34 heavy (non-hydrogen) atoms. The fraction of sp³-hybridized carbons (Fsp3) is 0.533. The van der Waals surface area contributed by atoms with Crippen molar-refractivity contribution in [1.82, 2.24) is 0 Å². The van der Waals surface area contributed by atoms with Gasteiger partial charge in [-0.05, 0) is 95.2 Å². The average molecular weight is 467 g/mol. The van der Waals surface area contributed by atoms with Gasteiger partial charge in [-0.1, -0.05) is 24.3 Å². The normalized spacial score (nSPS) is 13.3. The van der Waals surface area contributed by atoms with Crippen molar-refractivity contribution in [1.29, 1.82) is 0 Å². The molecule has 0 spiro atoms. The van der Waals surface area contributed by atoms with Gasteiger partial charge in [0, 0.05) is 10.8 Å². The smallest absolute Gasteiger partial charge is 0.143 e. The summed E-state index contributed by atoms with van der Waals surface area (Å²) in [6.45, 7) is 24.7. The van der Waals surface area contributed by atoms with Crippen molar-refractivity contribution in [3.63, 3.8) is 0 Å². The number of fused-ring (bicyclic) bond motifs is 2. The fourth-order valence-electron chi connectivity index (χ4n) is 3.83. The molecule has 3 aromatic rings. The van der Waals surface area contributed by atoms with Crippen LogP contribution in [0.1, 0.15) is 83.1 Å². The number of hydrogen-bond donors (Lipinski definition) is 0. The van der Waals surface area contributed by atoms with Crippen LogP contribution in [0.3, 0.4) is 0 Å². The molecule has 0 heterocycles. The highest BCUT2D eigenvalue weighted by Crippen LogP contribution is 2.51. The molecule has 0 N–H and O–H groups in total. The summed E-state index contributed by atoms with van der Waals surface area (Å²) in [6, 6.07) is 12.2. The Bertz CT molecular complexity index is 1100. The standard InChI is InChI=1S/C30H42O4/c1-27(2,3)31-21-17-13-15-19-23(21)26(34-30(10,11)12)24-20(25(19)33-29(7,8)9)16-14-18-22(24)32-28(4,5)6/h13-18H,1-12H3. The summed E-state index contributed by atoms with van der Waals surface area (Å²) in [4.78, 5) is 0. The molecule has 0 unspecified atom stereocenters. The average Bonchev–Trinajstić information content (AvgIpc) is 2.59. The van der Waals surface area contributed by atoms with Crippen LogP contribution in [0, 0.1) is 0 Å². The van der Waals surface area contributed by atoms with Crippen molar-refractivity contribution in [2.24, 2.45) is 0 Å². The molecule has 0 saturated carbocycles. The Hall–Kier alpha value is -2.62. The van der Waals surface area contributed by atoms with Crippen molar-refractivity contribution in [3.05, 3.63) is 36.4 Å². The molecule has 0 saturated heterocycles. The SMILES string of the molecule is CC(C)(C)Oc1c2cccc(OC(C)(C)C)c2c(OC(C)(C)C)c2c(OC(C)(C)C)cccc12. The van der Waals surface area contributed by atoms with Crippen LogP contribution in [0.5, 0.6) is 23.0 Å². The second kappa shape index (κ2) is 8.55. The van der Waals surface area contributed by atoms with E-state index in [1.54, 1.807) is 0 Å². The monoisotopic (exact) mass is 466 g/mol. The van der Waals surface area contributed by atoms with E-state index in [9.17, 15) is 0 Å². The molecule has 0 atom stereocenters. The van der Waals surface area contributed by atoms with E-state index in [0.29, 0.717) is 0 Å². The summed E-state index contributed by atoms with van der Waals surface area (Å²) in [7, 11) is 0. The highest BCUT2D eigenvalue weighted by Gasteiger charge is 2.29. The van der Waals surface area contributed by atoms with Gasteiger partial charge >= 0.3 is 0 Å². The maximum atomic E-state index is 6.71. The van der Waals surface area contributed by atoms with Crippen LogP contribution in [0.2, 0.25) is 0 Å². The van der Waals surface area contributed by atoms with Gasteiger partial charge in [-0.25, -0.2) is 0 Å². The molecule has 0 amide bonds. The Morgan fingerprint density at radius 2 is 0.735 bits per heavy atom. The number of ether oxygens (including phenoxy) is 4. The molecule has 186 valence electrons. The first-order valence-corrected chi connectivity index (χ1v) is 12.1. The summed E-state index contributed by atoms with van der Waals surface area (Å²) in [5, 5.41) is 3.70. The summed E-state index contributed by atoms with van der Waals surface area (Å²) in [5.74, 6) is 3.07. The molecular formula is C30H42O4. The predicted octanol–water partition coefficient (Wildman–Crippen LogP) is 8.70. The van der Waals surface area contributed by atoms with Gasteiger partial charge in [0.25, 0.3) is 0 Å². The molecule has 3 aromatic carbocycles. The van der Waals surface area contributed by atoms with Crippen LogP contribution in [-0.2, 0) is 0 Å². The molecule has 4 nitrogen and oxygen atoms in total. The van der Waals surface area contributed by atoms with Gasteiger partial charge in [0.1, 0.15) is 45.4 Å². The van der Waals surface area contributed by atoms with Gasteiger partial charge in [-0.15, -0.1) is 0 Å². The van der Waals surface area contributed by atoms with Gasteiger partial charge in [-0.2, -0.15) is 0 Å². The van der Waals surface area contributed by atoms with Gasteiger partial charge in [0.2, 0.25) is 0 Å². The lowest BCUT2D eigenvalue weighted by atomic mass is 9.97. The molecular weight excluding hydrogens is 424 g/mol. The third-order valence-electron chi connectivity index (χ3n) is 4.64. The first-order valence-electron chi connectivity index (χ1n) is 12.1. The van der Waals surface area contributed by atoms with E-state index in [-0.39, 0.29) is 11.2 Å². The number of rotatable bonds is 4. The molecule has 3 rings (SSSR count). The topological polar surface area (TPSA) is 36.9 Å². The zero-order chi connectivity index (χ0) is 25.7. The first-order chi connectivity index (χ1) is 15.3. The Kier molecular flexibility index (Phi) is 6.54. The van der Waals surface area contributed by atoms with E-state index in [2.05, 4.69) is 95.2 Å². The van der Waals surface area contributed by atoms with Crippen molar-refractivity contribution >= 4 is 21.5 Å². The summed E-state index contributed by atoms with van der Waals surface area (Å²) in [6.07, 6.45) is 0. The van der Waals surface area contributed by atoms with Crippen LogP contribution < -0.4 is 18.9 Å². The molecule has 0 fully saturated rings. The minimum atomic E-state index is -0.435. The third kappa shape index (κ3) is 6.28. The van der Waals surface area contributed by atoms with E-state index >= 15 is 0 Å². The number of hydrogen-bond acceptors (Lipinski definition) is 4. The zero-order valence-corrected chi connectivity index (χ0v) is 23.1. The molecule has 4 heteroatoms. The lowest BCUT2D eigenvalue weighted by Crippen LogP contribution is -2.26. The van der Waals surface area contributed by atoms with E-state index in [1.165, 1.54) is 0 Å². The molecule has 0 bridgehead atoms. The van der Waals surface area contributed by atoms with Crippen molar-refractivity contribution in [2.45, 2.75) is 105 Å². The summed E-state index contributed by atoms with van der Waals surface area (Å²) < 4.78 is 26.3. The third-order valence-corrected chi connectivity index (χ3v) is 4.64. The Morgan fingerprint density at radius 3 is 1.06 bits per heavy atom. The van der Waals surface area contributed by atoms with E-state index in [4.69, 9.17) is 18.9 Å². The first kappa shape index (κ1) is 26.0. The van der Waals surface area contributed by atoms with Crippen LogP contribution in [0.25, 0.3) is 21.5 Å². The van der Waals surface area contributed by atoms with E-state index < -0.39 is 11.2 Å². The Balaban J connectivity index is 2.58. The van der Waals surface area contributed by atoms with E-state index in [1.807, 2.05) is 24.3 Å². The van der Waals surface area contributed by atoms with Crippen LogP contribution in [0.15, 0.2) is 36.4 Å². The lowest BCUT2D eigenvalue weighted by molar-refractivity contribution is 0.122. The van der Waals surface area contributed by atoms with Crippen LogP contribution in [0.4, 0.5) is 0 Å². The van der Waals surface area contributed by atoms with Gasteiger partial charge < -0.3 is 18.9 Å². The molecule has 0 aliphatic carbocycles. The van der Waals surface area contributed by atoms with Gasteiger partial charge in [0.15, 0.2) is 0 Å². The second-order valence-electron chi connectivity index (χ2n) is 12.9. The summed E-state index contributed by atoms with van der Waals surface area (Å²) >= 11 is 0. The van der Waals surface area contributed by atoms with Gasteiger partial charge in [0.05, 0.1) is 10.8 Å². The minimum absolute atomic E-state index is 0.380. The van der Waals surface area contributed by atoms with E-state index in [0.717, 1.165) is 44.5 Å². The van der Waals surface area contributed by atoms with Crippen molar-refractivity contribution < 1.29 is 18.9 Å². The largest absolute Gasteiger partial charge is 0.487 e. The quantitative estimate of drug-likeness (QED) is 0.360. The van der Waals surface area contributed by atoms with Crippen molar-refractivity contribution in [3.8, 4) is 23.0 Å². The molecule has 0 aliphatic heterocycles. The minimum Gasteiger partial charge on any atom is -0.487 e. The Morgan fingerprint density at radius 1 is 0.412 bits per heavy atom. The zero-order valence-electron chi connectivity index (χ0n) is 23.1. The maximum Gasteiger partial charge on any atom is 0.143 e. The highest BCUT2D eigenvalue weighted by atomic mass is 16.5. The number of benzene rings is 3. The highest BCUT2D eigenvalue weighted by molar-refractivity contribution is 6.15. The van der Waals surface area contributed by atoms with Crippen LogP contribution >= 0.6 is 0 Å².